The number of hydrogen-bond donors (Lipinski definition) is 3. The Morgan fingerprint density at radius 3 is 2.50 bits per heavy atom. The maximum atomic E-state index is 11.6. The van der Waals surface area contributed by atoms with Gasteiger partial charge in [-0.1, -0.05) is 30.3 Å². The van der Waals surface area contributed by atoms with E-state index in [-0.39, 0.29) is 5.82 Å². The van der Waals surface area contributed by atoms with Crippen LogP contribution in [-0.2, 0) is 6.54 Å². The standard InChI is InChI=1S/C18H21N7O/c1-10-8-14(19)22-11(2)13(10)9-25-18(23-17(24-25)16(21)26)15(20)12-6-4-3-5-7-12/h3-8,15H,9,20H2,1-2H3,(H2,19,22)(H2,21,26)/t15-/m0/s1. The lowest BCUT2D eigenvalue weighted by Crippen LogP contribution is -2.20. The van der Waals surface area contributed by atoms with Crippen molar-refractivity contribution in [1.82, 2.24) is 19.7 Å². The normalized spacial score (nSPS) is 12.1. The topological polar surface area (TPSA) is 139 Å². The first-order valence-corrected chi connectivity index (χ1v) is 8.14. The average Bonchev–Trinajstić information content (AvgIpc) is 3.02. The van der Waals surface area contributed by atoms with E-state index >= 15 is 0 Å². The number of nitrogen functional groups attached to an aromatic ring is 1. The second kappa shape index (κ2) is 6.93. The molecule has 6 N–H and O–H groups in total. The molecule has 3 rings (SSSR count). The van der Waals surface area contributed by atoms with Gasteiger partial charge in [0.25, 0.3) is 5.91 Å². The summed E-state index contributed by atoms with van der Waals surface area (Å²) in [5, 5.41) is 4.25. The van der Waals surface area contributed by atoms with Gasteiger partial charge >= 0.3 is 0 Å². The van der Waals surface area contributed by atoms with Crippen LogP contribution in [0.25, 0.3) is 0 Å². The largest absolute Gasteiger partial charge is 0.384 e. The third-order valence-corrected chi connectivity index (χ3v) is 4.24. The van der Waals surface area contributed by atoms with Crippen LogP contribution in [0.3, 0.4) is 0 Å². The summed E-state index contributed by atoms with van der Waals surface area (Å²) in [4.78, 5) is 20.1. The average molecular weight is 351 g/mol. The number of hydrogen-bond acceptors (Lipinski definition) is 6. The zero-order valence-electron chi connectivity index (χ0n) is 14.7. The van der Waals surface area contributed by atoms with Gasteiger partial charge in [0.1, 0.15) is 11.6 Å². The van der Waals surface area contributed by atoms with Crippen LogP contribution in [0.1, 0.15) is 44.9 Å². The number of aromatic nitrogens is 4. The van der Waals surface area contributed by atoms with Crippen molar-refractivity contribution in [3.8, 4) is 0 Å². The van der Waals surface area contributed by atoms with Crippen molar-refractivity contribution in [3.05, 3.63) is 70.4 Å². The van der Waals surface area contributed by atoms with Gasteiger partial charge in [0.2, 0.25) is 5.82 Å². The molecule has 1 amide bonds. The van der Waals surface area contributed by atoms with E-state index in [1.165, 1.54) is 0 Å². The van der Waals surface area contributed by atoms with Gasteiger partial charge in [0.15, 0.2) is 0 Å². The van der Waals surface area contributed by atoms with Crippen LogP contribution in [0.4, 0.5) is 5.82 Å². The molecular formula is C18H21N7O. The van der Waals surface area contributed by atoms with Crippen LogP contribution >= 0.6 is 0 Å². The second-order valence-electron chi connectivity index (χ2n) is 6.13. The van der Waals surface area contributed by atoms with Gasteiger partial charge in [-0.05, 0) is 36.6 Å². The molecule has 3 aromatic rings. The first-order chi connectivity index (χ1) is 12.4. The number of pyridine rings is 1. The highest BCUT2D eigenvalue weighted by atomic mass is 16.1. The molecule has 0 radical (unpaired) electrons. The summed E-state index contributed by atoms with van der Waals surface area (Å²) >= 11 is 0. The van der Waals surface area contributed by atoms with E-state index in [1.807, 2.05) is 44.2 Å². The molecule has 2 aromatic heterocycles. The minimum Gasteiger partial charge on any atom is -0.384 e. The molecule has 0 aliphatic rings. The van der Waals surface area contributed by atoms with Crippen molar-refractivity contribution in [2.75, 3.05) is 5.73 Å². The summed E-state index contributed by atoms with van der Waals surface area (Å²) < 4.78 is 1.60. The Bertz CT molecular complexity index is 926. The van der Waals surface area contributed by atoms with Crippen LogP contribution < -0.4 is 17.2 Å². The minimum absolute atomic E-state index is 0.0647. The van der Waals surface area contributed by atoms with Crippen molar-refractivity contribution >= 4 is 11.7 Å². The number of nitrogens with zero attached hydrogens (tertiary/aromatic N) is 4. The monoisotopic (exact) mass is 351 g/mol. The van der Waals surface area contributed by atoms with Crippen molar-refractivity contribution < 1.29 is 4.79 Å². The van der Waals surface area contributed by atoms with Crippen LogP contribution in [0.5, 0.6) is 0 Å². The van der Waals surface area contributed by atoms with Crippen LogP contribution in [0, 0.1) is 13.8 Å². The van der Waals surface area contributed by atoms with Crippen LogP contribution in [0.2, 0.25) is 0 Å². The smallest absolute Gasteiger partial charge is 0.288 e. The van der Waals surface area contributed by atoms with E-state index < -0.39 is 11.9 Å². The molecule has 0 bridgehead atoms. The summed E-state index contributed by atoms with van der Waals surface area (Å²) in [6.45, 7) is 4.19. The summed E-state index contributed by atoms with van der Waals surface area (Å²) in [5.74, 6) is 0.154. The maximum absolute atomic E-state index is 11.6. The highest BCUT2D eigenvalue weighted by Crippen LogP contribution is 2.21. The molecule has 2 heterocycles. The summed E-state index contributed by atoms with van der Waals surface area (Å²) in [5.41, 5.74) is 21.1. The summed E-state index contributed by atoms with van der Waals surface area (Å²) in [6.07, 6.45) is 0. The number of amides is 1. The van der Waals surface area contributed by atoms with Gasteiger partial charge in [-0.15, -0.1) is 5.10 Å². The molecule has 0 unspecified atom stereocenters. The Morgan fingerprint density at radius 1 is 1.19 bits per heavy atom. The van der Waals surface area contributed by atoms with Crippen molar-refractivity contribution in [2.24, 2.45) is 11.5 Å². The predicted molar refractivity (Wildman–Crippen MR) is 98.2 cm³/mol. The second-order valence-corrected chi connectivity index (χ2v) is 6.13. The van der Waals surface area contributed by atoms with Crippen LogP contribution in [-0.4, -0.2) is 25.7 Å². The molecule has 0 aliphatic carbocycles. The number of carbonyl (C=O) groups is 1. The Hall–Kier alpha value is -3.26. The van der Waals surface area contributed by atoms with E-state index in [4.69, 9.17) is 17.2 Å². The molecule has 26 heavy (non-hydrogen) atoms. The van der Waals surface area contributed by atoms with Gasteiger partial charge in [-0.2, -0.15) is 0 Å². The highest BCUT2D eigenvalue weighted by molar-refractivity contribution is 5.88. The van der Waals surface area contributed by atoms with Gasteiger partial charge in [-0.25, -0.2) is 14.6 Å². The van der Waals surface area contributed by atoms with Gasteiger partial charge in [-0.3, -0.25) is 4.79 Å². The molecule has 1 atom stereocenters. The molecule has 0 saturated carbocycles. The SMILES string of the molecule is Cc1cc(N)nc(C)c1Cn1nc(C(N)=O)nc1[C@@H](N)c1ccccc1. The number of nitrogens with two attached hydrogens (primary N) is 3. The Kier molecular flexibility index (Phi) is 4.68. The zero-order chi connectivity index (χ0) is 18.8. The van der Waals surface area contributed by atoms with E-state index in [2.05, 4.69) is 15.1 Å². The molecular weight excluding hydrogens is 330 g/mol. The van der Waals surface area contributed by atoms with Crippen molar-refractivity contribution in [2.45, 2.75) is 26.4 Å². The van der Waals surface area contributed by atoms with E-state index in [0.29, 0.717) is 18.2 Å². The summed E-state index contributed by atoms with van der Waals surface area (Å²) in [6, 6.07) is 10.7. The van der Waals surface area contributed by atoms with Gasteiger partial charge in [0, 0.05) is 5.69 Å². The van der Waals surface area contributed by atoms with Gasteiger partial charge in [0.05, 0.1) is 12.6 Å². The molecule has 0 saturated heterocycles. The number of carbonyl (C=O) groups excluding carboxylic acids is 1. The quantitative estimate of drug-likeness (QED) is 0.628. The van der Waals surface area contributed by atoms with Crippen molar-refractivity contribution in [3.63, 3.8) is 0 Å². The van der Waals surface area contributed by atoms with E-state index in [9.17, 15) is 4.79 Å². The molecule has 0 aliphatic heterocycles. The maximum Gasteiger partial charge on any atom is 0.288 e. The Morgan fingerprint density at radius 2 is 1.88 bits per heavy atom. The first kappa shape index (κ1) is 17.6. The molecule has 0 fully saturated rings. The number of anilines is 1. The zero-order valence-corrected chi connectivity index (χ0v) is 14.7. The Balaban J connectivity index is 2.05. The fraction of sp³-hybridized carbons (Fsp3) is 0.222. The fourth-order valence-corrected chi connectivity index (χ4v) is 2.89. The highest BCUT2D eigenvalue weighted by Gasteiger charge is 2.21. The molecule has 8 heteroatoms. The fourth-order valence-electron chi connectivity index (χ4n) is 2.89. The minimum atomic E-state index is -0.700. The number of primary amides is 1. The van der Waals surface area contributed by atoms with Crippen molar-refractivity contribution in [1.29, 1.82) is 0 Å². The first-order valence-electron chi connectivity index (χ1n) is 8.14. The molecule has 1 aromatic carbocycles. The van der Waals surface area contributed by atoms with Gasteiger partial charge < -0.3 is 17.2 Å². The lowest BCUT2D eigenvalue weighted by molar-refractivity contribution is 0.0990. The van der Waals surface area contributed by atoms with E-state index in [0.717, 1.165) is 22.4 Å². The lowest BCUT2D eigenvalue weighted by Gasteiger charge is -2.15. The van der Waals surface area contributed by atoms with Crippen LogP contribution in [0.15, 0.2) is 36.4 Å². The molecule has 0 spiro atoms. The summed E-state index contributed by atoms with van der Waals surface area (Å²) in [7, 11) is 0. The number of rotatable bonds is 5. The molecule has 8 nitrogen and oxygen atoms in total. The lowest BCUT2D eigenvalue weighted by atomic mass is 10.1. The predicted octanol–water partition coefficient (Wildman–Crippen LogP) is 1.07. The third kappa shape index (κ3) is 3.40. The molecule has 134 valence electrons. The third-order valence-electron chi connectivity index (χ3n) is 4.24. The number of aryl methyl sites for hydroxylation is 2. The van der Waals surface area contributed by atoms with E-state index in [1.54, 1.807) is 10.7 Å². The Labute approximate surface area is 151 Å². The number of benzene rings is 1.